The number of nitrogens with one attached hydrogen (secondary N) is 2. The molecule has 1 unspecified atom stereocenters. The number of thiophene rings is 1. The number of piperidine rings is 1. The lowest BCUT2D eigenvalue weighted by molar-refractivity contribution is -0.126. The number of aliphatic hydroxyl groups excluding tert-OH is 1. The molecular formula is C28H36N6O3S. The van der Waals surface area contributed by atoms with Crippen LogP contribution in [0.2, 0.25) is 0 Å². The van der Waals surface area contributed by atoms with E-state index < -0.39 is 6.41 Å². The van der Waals surface area contributed by atoms with Gasteiger partial charge in [-0.15, -0.1) is 11.3 Å². The van der Waals surface area contributed by atoms with Gasteiger partial charge < -0.3 is 30.3 Å². The second-order valence-corrected chi connectivity index (χ2v) is 11.2. The minimum Gasteiger partial charge on any atom is -0.382 e. The molecule has 0 aliphatic carbocycles. The lowest BCUT2D eigenvalue weighted by atomic mass is 10.0. The molecule has 0 bridgehead atoms. The highest BCUT2D eigenvalue weighted by molar-refractivity contribution is 7.17. The van der Waals surface area contributed by atoms with E-state index in [9.17, 15) is 9.90 Å². The van der Waals surface area contributed by atoms with Crippen LogP contribution in [0.1, 0.15) is 45.2 Å². The molecule has 4 heterocycles. The summed E-state index contributed by atoms with van der Waals surface area (Å²) in [4.78, 5) is 25.1. The normalized spacial score (nSPS) is 21.2. The van der Waals surface area contributed by atoms with Gasteiger partial charge in [-0.05, 0) is 60.9 Å². The summed E-state index contributed by atoms with van der Waals surface area (Å²) in [6.45, 7) is 11.9. The number of benzene rings is 1. The van der Waals surface area contributed by atoms with E-state index in [0.717, 1.165) is 47.4 Å². The molecule has 2 saturated heterocycles. The lowest BCUT2D eigenvalue weighted by Gasteiger charge is -2.32. The van der Waals surface area contributed by atoms with Crippen molar-refractivity contribution in [1.82, 2.24) is 14.9 Å². The Labute approximate surface area is 227 Å². The van der Waals surface area contributed by atoms with Crippen molar-refractivity contribution in [3.8, 4) is 0 Å². The Morgan fingerprint density at radius 3 is 2.61 bits per heavy atom. The topological polar surface area (TPSA) is 103 Å². The van der Waals surface area contributed by atoms with E-state index in [1.165, 1.54) is 6.08 Å². The van der Waals surface area contributed by atoms with Crippen LogP contribution < -0.4 is 15.5 Å². The number of fused-ring (bicyclic) bond motifs is 1. The third-order valence-corrected chi connectivity index (χ3v) is 8.32. The summed E-state index contributed by atoms with van der Waals surface area (Å²) in [7, 11) is 0. The molecule has 2 aliphatic heterocycles. The Bertz CT molecular complexity index is 1270. The number of carbonyl (C=O) groups is 1. The highest BCUT2D eigenvalue weighted by Gasteiger charge is 2.37. The number of rotatable bonds is 8. The van der Waals surface area contributed by atoms with Crippen LogP contribution >= 0.6 is 11.3 Å². The van der Waals surface area contributed by atoms with E-state index >= 15 is 0 Å². The zero-order valence-corrected chi connectivity index (χ0v) is 22.9. The van der Waals surface area contributed by atoms with Crippen molar-refractivity contribution in [1.29, 1.82) is 0 Å². The van der Waals surface area contributed by atoms with Crippen molar-refractivity contribution in [3.63, 3.8) is 0 Å². The van der Waals surface area contributed by atoms with Crippen LogP contribution in [-0.2, 0) is 9.53 Å². The summed E-state index contributed by atoms with van der Waals surface area (Å²) >= 11 is 1.57. The molecule has 3 aromatic rings. The first kappa shape index (κ1) is 26.4. The minimum absolute atomic E-state index is 0.00761. The number of aliphatic hydroxyl groups is 1. The van der Waals surface area contributed by atoms with Gasteiger partial charge in [0.2, 0.25) is 18.3 Å². The number of ether oxygens (including phenoxy) is 1. The average Bonchev–Trinajstić information content (AvgIpc) is 3.55. The maximum atomic E-state index is 11.8. The van der Waals surface area contributed by atoms with E-state index in [4.69, 9.17) is 14.7 Å². The Hall–Kier alpha value is -3.21. The number of hydrogen-bond acceptors (Lipinski definition) is 9. The maximum Gasteiger partial charge on any atom is 0.245 e. The third-order valence-electron chi connectivity index (χ3n) is 7.42. The fourth-order valence-corrected chi connectivity index (χ4v) is 5.95. The van der Waals surface area contributed by atoms with Gasteiger partial charge in [-0.1, -0.05) is 32.6 Å². The largest absolute Gasteiger partial charge is 0.382 e. The summed E-state index contributed by atoms with van der Waals surface area (Å²) in [5.41, 5.74) is 3.02. The van der Waals surface area contributed by atoms with E-state index in [1.807, 2.05) is 21.2 Å². The zero-order valence-electron chi connectivity index (χ0n) is 22.1. The van der Waals surface area contributed by atoms with E-state index in [1.54, 1.807) is 11.3 Å². The number of aromatic nitrogens is 2. The van der Waals surface area contributed by atoms with Crippen molar-refractivity contribution < 1.29 is 14.6 Å². The molecule has 38 heavy (non-hydrogen) atoms. The molecule has 0 radical (unpaired) electrons. The van der Waals surface area contributed by atoms with Crippen LogP contribution in [0.15, 0.2) is 48.4 Å². The average molecular weight is 537 g/mol. The molecule has 2 aromatic heterocycles. The summed E-state index contributed by atoms with van der Waals surface area (Å²) in [6.07, 6.45) is 2.19. The number of amides is 1. The zero-order chi connectivity index (χ0) is 26.8. The van der Waals surface area contributed by atoms with Crippen LogP contribution in [0.5, 0.6) is 0 Å². The third kappa shape index (κ3) is 5.48. The van der Waals surface area contributed by atoms with E-state index in [0.29, 0.717) is 30.3 Å². The van der Waals surface area contributed by atoms with Crippen molar-refractivity contribution in [2.24, 2.45) is 5.92 Å². The Morgan fingerprint density at radius 2 is 1.92 bits per heavy atom. The molecule has 5 rings (SSSR count). The van der Waals surface area contributed by atoms with Gasteiger partial charge in [0.1, 0.15) is 0 Å². The van der Waals surface area contributed by atoms with E-state index in [-0.39, 0.29) is 18.0 Å². The van der Waals surface area contributed by atoms with Gasteiger partial charge in [-0.3, -0.25) is 4.79 Å². The molecule has 202 valence electrons. The van der Waals surface area contributed by atoms with Gasteiger partial charge >= 0.3 is 0 Å². The van der Waals surface area contributed by atoms with Crippen LogP contribution in [0, 0.1) is 5.92 Å². The number of anilines is 3. The molecule has 2 fully saturated rings. The lowest BCUT2D eigenvalue weighted by Crippen LogP contribution is -2.41. The molecule has 3 N–H and O–H groups in total. The van der Waals surface area contributed by atoms with Gasteiger partial charge in [0, 0.05) is 24.8 Å². The molecular weight excluding hydrogens is 500 g/mol. The first-order chi connectivity index (χ1) is 18.3. The maximum absolute atomic E-state index is 11.8. The van der Waals surface area contributed by atoms with Crippen LogP contribution in [0.4, 0.5) is 17.5 Å². The number of likely N-dealkylation sites (tertiary alicyclic amines) is 1. The SMILES string of the molecule is C=CC(=O)N1CCC(Nc2ccc([C@H](C)Nc3nc(N4C(O)OC[C@@H]4C(C)C)c4sccc4n3)cc2)CC1. The first-order valence-corrected chi connectivity index (χ1v) is 14.1. The quantitative estimate of drug-likeness (QED) is 0.359. The molecule has 0 spiro atoms. The van der Waals surface area contributed by atoms with Gasteiger partial charge in [0.05, 0.1) is 28.9 Å². The van der Waals surface area contributed by atoms with Crippen LogP contribution in [-0.4, -0.2) is 64.1 Å². The Kier molecular flexibility index (Phi) is 7.83. The van der Waals surface area contributed by atoms with Gasteiger partial charge in [-0.2, -0.15) is 4.98 Å². The highest BCUT2D eigenvalue weighted by atomic mass is 32.1. The number of nitrogens with zero attached hydrogens (tertiary/aromatic N) is 4. The Morgan fingerprint density at radius 1 is 1.18 bits per heavy atom. The highest BCUT2D eigenvalue weighted by Crippen LogP contribution is 2.36. The molecule has 10 heteroatoms. The monoisotopic (exact) mass is 536 g/mol. The molecule has 2 aliphatic rings. The molecule has 1 amide bonds. The number of carbonyl (C=O) groups excluding carboxylic acids is 1. The fraction of sp³-hybridized carbons (Fsp3) is 0.464. The van der Waals surface area contributed by atoms with Crippen molar-refractivity contribution in [2.75, 3.05) is 35.2 Å². The van der Waals surface area contributed by atoms with Crippen LogP contribution in [0.25, 0.3) is 10.2 Å². The minimum atomic E-state index is -1.03. The standard InChI is InChI=1S/C28H36N6O3S/c1-5-24(35)33-13-10-21(11-14-33)30-20-8-6-19(7-9-20)18(4)29-27-31-22-12-15-38-25(22)26(32-27)34-23(17(2)3)16-37-28(34)36/h5-9,12,15,17-18,21,23,28,30,36H,1,10-11,13-14,16H2,2-4H3,(H,29,31,32)/t18-,23+,28?/m0/s1. The number of hydrogen-bond donors (Lipinski definition) is 3. The van der Waals surface area contributed by atoms with Crippen molar-refractivity contribution in [2.45, 2.75) is 58.2 Å². The summed E-state index contributed by atoms with van der Waals surface area (Å²) in [5, 5.41) is 19.6. The van der Waals surface area contributed by atoms with Gasteiger partial charge in [0.15, 0.2) is 5.82 Å². The summed E-state index contributed by atoms with van der Waals surface area (Å²) in [5.74, 6) is 1.52. The molecule has 1 aromatic carbocycles. The van der Waals surface area contributed by atoms with E-state index in [2.05, 4.69) is 62.2 Å². The van der Waals surface area contributed by atoms with Crippen molar-refractivity contribution >= 4 is 44.9 Å². The smallest absolute Gasteiger partial charge is 0.245 e. The Balaban J connectivity index is 1.27. The fourth-order valence-electron chi connectivity index (χ4n) is 5.13. The van der Waals surface area contributed by atoms with Gasteiger partial charge in [-0.25, -0.2) is 4.98 Å². The van der Waals surface area contributed by atoms with Gasteiger partial charge in [0.25, 0.3) is 0 Å². The van der Waals surface area contributed by atoms with Crippen molar-refractivity contribution in [3.05, 3.63) is 53.9 Å². The predicted octanol–water partition coefficient (Wildman–Crippen LogP) is 4.59. The van der Waals surface area contributed by atoms with Crippen LogP contribution in [0.3, 0.4) is 0 Å². The summed E-state index contributed by atoms with van der Waals surface area (Å²) in [6, 6.07) is 10.7. The second kappa shape index (κ2) is 11.3. The molecule has 0 saturated carbocycles. The molecule has 9 nitrogen and oxygen atoms in total. The first-order valence-electron chi connectivity index (χ1n) is 13.2. The second-order valence-electron chi connectivity index (χ2n) is 10.3. The predicted molar refractivity (Wildman–Crippen MR) is 152 cm³/mol. The summed E-state index contributed by atoms with van der Waals surface area (Å²) < 4.78 is 6.51. The molecule has 3 atom stereocenters.